The summed E-state index contributed by atoms with van der Waals surface area (Å²) in [5, 5.41) is 0. The van der Waals surface area contributed by atoms with Crippen LogP contribution in [-0.4, -0.2) is 0 Å². The monoisotopic (exact) mass is 368 g/mol. The van der Waals surface area contributed by atoms with Crippen LogP contribution in [0.15, 0.2) is 30.9 Å². The maximum absolute atomic E-state index is 14.4. The first-order valence-electron chi connectivity index (χ1n) is 11.5. The van der Waals surface area contributed by atoms with E-state index < -0.39 is 0 Å². The molecule has 4 atom stereocenters. The molecule has 3 saturated carbocycles. The van der Waals surface area contributed by atoms with Crippen LogP contribution in [0.4, 0.5) is 4.39 Å². The van der Waals surface area contributed by atoms with Gasteiger partial charge >= 0.3 is 0 Å². The highest BCUT2D eigenvalue weighted by Crippen LogP contribution is 2.50. The molecule has 3 fully saturated rings. The van der Waals surface area contributed by atoms with Crippen molar-refractivity contribution in [2.24, 2.45) is 29.6 Å². The zero-order chi connectivity index (χ0) is 18.8. The minimum atomic E-state index is -0.0373. The SMILES string of the molecule is C=CCc1ccc(C2CCC3CC(C4CCC(C)CC4)CCC3C2)cc1F. The summed E-state index contributed by atoms with van der Waals surface area (Å²) in [6.45, 7) is 6.16. The summed E-state index contributed by atoms with van der Waals surface area (Å²) >= 11 is 0. The summed E-state index contributed by atoms with van der Waals surface area (Å²) in [6.07, 6.45) is 16.6. The van der Waals surface area contributed by atoms with E-state index in [1.165, 1.54) is 69.8 Å². The summed E-state index contributed by atoms with van der Waals surface area (Å²) in [6, 6.07) is 5.99. The minimum absolute atomic E-state index is 0.0373. The predicted molar refractivity (Wildman–Crippen MR) is 112 cm³/mol. The largest absolute Gasteiger partial charge is 0.207 e. The highest BCUT2D eigenvalue weighted by atomic mass is 19.1. The molecule has 0 saturated heterocycles. The highest BCUT2D eigenvalue weighted by molar-refractivity contribution is 5.28. The molecule has 27 heavy (non-hydrogen) atoms. The van der Waals surface area contributed by atoms with Gasteiger partial charge in [-0.25, -0.2) is 4.39 Å². The molecule has 0 heterocycles. The summed E-state index contributed by atoms with van der Waals surface area (Å²) < 4.78 is 14.4. The van der Waals surface area contributed by atoms with Crippen LogP contribution >= 0.6 is 0 Å². The van der Waals surface area contributed by atoms with Crippen molar-refractivity contribution < 1.29 is 4.39 Å². The Hall–Kier alpha value is -1.11. The van der Waals surface area contributed by atoms with Gasteiger partial charge in [0.25, 0.3) is 0 Å². The van der Waals surface area contributed by atoms with Crippen LogP contribution in [0.3, 0.4) is 0 Å². The molecule has 1 aromatic carbocycles. The lowest BCUT2D eigenvalue weighted by atomic mass is 9.60. The van der Waals surface area contributed by atoms with Crippen LogP contribution in [0.5, 0.6) is 0 Å². The molecule has 4 rings (SSSR count). The van der Waals surface area contributed by atoms with Crippen LogP contribution < -0.4 is 0 Å². The molecule has 0 N–H and O–H groups in total. The van der Waals surface area contributed by atoms with E-state index in [2.05, 4.69) is 19.6 Å². The highest BCUT2D eigenvalue weighted by Gasteiger charge is 2.38. The third-order valence-electron chi connectivity index (χ3n) is 8.29. The Morgan fingerprint density at radius 1 is 0.889 bits per heavy atom. The lowest BCUT2D eigenvalue weighted by Crippen LogP contribution is -2.34. The maximum atomic E-state index is 14.4. The van der Waals surface area contributed by atoms with Crippen molar-refractivity contribution in [1.29, 1.82) is 0 Å². The summed E-state index contributed by atoms with van der Waals surface area (Å²) in [7, 11) is 0. The van der Waals surface area contributed by atoms with Gasteiger partial charge in [0.05, 0.1) is 0 Å². The molecule has 4 unspecified atom stereocenters. The Kier molecular flexibility index (Phi) is 6.05. The van der Waals surface area contributed by atoms with E-state index in [-0.39, 0.29) is 5.82 Å². The first-order valence-corrected chi connectivity index (χ1v) is 11.5. The minimum Gasteiger partial charge on any atom is -0.207 e. The Morgan fingerprint density at radius 2 is 1.52 bits per heavy atom. The van der Waals surface area contributed by atoms with E-state index in [9.17, 15) is 4.39 Å². The molecule has 3 aliphatic carbocycles. The standard InChI is InChI=1S/C26H37F/c1-3-4-20-9-10-25(17-26(20)27)24-14-13-22-15-21(11-12-23(22)16-24)19-7-5-18(2)6-8-19/h3,9-10,17-19,21-24H,1,4-8,11-16H2,2H3. The third kappa shape index (κ3) is 4.33. The number of fused-ring (bicyclic) bond motifs is 1. The summed E-state index contributed by atoms with van der Waals surface area (Å²) in [5.41, 5.74) is 2.02. The van der Waals surface area contributed by atoms with Gasteiger partial charge in [-0.2, -0.15) is 0 Å². The molecule has 3 aliphatic rings. The zero-order valence-corrected chi connectivity index (χ0v) is 17.1. The molecular weight excluding hydrogens is 331 g/mol. The van der Waals surface area contributed by atoms with E-state index in [0.717, 1.165) is 35.2 Å². The van der Waals surface area contributed by atoms with Crippen LogP contribution in [0.1, 0.15) is 88.2 Å². The van der Waals surface area contributed by atoms with E-state index in [4.69, 9.17) is 0 Å². The molecule has 0 aromatic heterocycles. The maximum Gasteiger partial charge on any atom is 0.126 e. The van der Waals surface area contributed by atoms with Crippen LogP contribution in [0.2, 0.25) is 0 Å². The molecule has 0 amide bonds. The van der Waals surface area contributed by atoms with Gasteiger partial charge in [0.2, 0.25) is 0 Å². The first-order chi connectivity index (χ1) is 13.1. The number of hydrogen-bond donors (Lipinski definition) is 0. The fourth-order valence-corrected chi connectivity index (χ4v) is 6.55. The normalized spacial score (nSPS) is 36.8. The third-order valence-corrected chi connectivity index (χ3v) is 8.29. The molecule has 0 radical (unpaired) electrons. The Morgan fingerprint density at radius 3 is 2.22 bits per heavy atom. The van der Waals surface area contributed by atoms with Crippen LogP contribution in [0.25, 0.3) is 0 Å². The second-order valence-electron chi connectivity index (χ2n) is 9.97. The van der Waals surface area contributed by atoms with Crippen LogP contribution in [0, 0.1) is 35.4 Å². The van der Waals surface area contributed by atoms with Gasteiger partial charge in [0.1, 0.15) is 5.82 Å². The number of hydrogen-bond acceptors (Lipinski definition) is 0. The van der Waals surface area contributed by atoms with Gasteiger partial charge in [0, 0.05) is 0 Å². The van der Waals surface area contributed by atoms with Crippen molar-refractivity contribution in [1.82, 2.24) is 0 Å². The predicted octanol–water partition coefficient (Wildman–Crippen LogP) is 7.68. The van der Waals surface area contributed by atoms with Crippen molar-refractivity contribution in [3.63, 3.8) is 0 Å². The molecule has 0 spiro atoms. The first kappa shape index (κ1) is 19.2. The Balaban J connectivity index is 1.35. The summed E-state index contributed by atoms with van der Waals surface area (Å²) in [5.74, 6) is 5.36. The van der Waals surface area contributed by atoms with Gasteiger partial charge in [-0.1, -0.05) is 38.0 Å². The van der Waals surface area contributed by atoms with Crippen molar-refractivity contribution >= 4 is 0 Å². The van der Waals surface area contributed by atoms with E-state index >= 15 is 0 Å². The number of rotatable bonds is 4. The van der Waals surface area contributed by atoms with Crippen molar-refractivity contribution in [3.8, 4) is 0 Å². The van der Waals surface area contributed by atoms with Crippen molar-refractivity contribution in [3.05, 3.63) is 47.8 Å². The van der Waals surface area contributed by atoms with Gasteiger partial charge in [-0.15, -0.1) is 6.58 Å². The van der Waals surface area contributed by atoms with Gasteiger partial charge in [-0.05, 0) is 110 Å². The van der Waals surface area contributed by atoms with Crippen molar-refractivity contribution in [2.45, 2.75) is 83.5 Å². The molecule has 0 nitrogen and oxygen atoms in total. The number of allylic oxidation sites excluding steroid dienone is 1. The number of halogens is 1. The molecule has 148 valence electrons. The lowest BCUT2D eigenvalue weighted by molar-refractivity contribution is 0.0732. The fourth-order valence-electron chi connectivity index (χ4n) is 6.55. The topological polar surface area (TPSA) is 0 Å². The smallest absolute Gasteiger partial charge is 0.126 e. The summed E-state index contributed by atoms with van der Waals surface area (Å²) in [4.78, 5) is 0. The zero-order valence-electron chi connectivity index (χ0n) is 17.1. The van der Waals surface area contributed by atoms with E-state index in [1.807, 2.05) is 12.1 Å². The number of benzene rings is 1. The average Bonchev–Trinajstić information content (AvgIpc) is 2.69. The quantitative estimate of drug-likeness (QED) is 0.478. The second kappa shape index (κ2) is 8.50. The van der Waals surface area contributed by atoms with Crippen LogP contribution in [-0.2, 0) is 6.42 Å². The van der Waals surface area contributed by atoms with Gasteiger partial charge in [-0.3, -0.25) is 0 Å². The molecule has 1 aromatic rings. The fraction of sp³-hybridized carbons (Fsp3) is 0.692. The lowest BCUT2D eigenvalue weighted by Gasteiger charge is -2.45. The molecule has 1 heteroatoms. The molecule has 0 bridgehead atoms. The van der Waals surface area contributed by atoms with E-state index in [0.29, 0.717) is 12.3 Å². The molecule has 0 aliphatic heterocycles. The second-order valence-corrected chi connectivity index (χ2v) is 9.97. The Bertz CT molecular complexity index is 640. The van der Waals surface area contributed by atoms with Gasteiger partial charge in [0.15, 0.2) is 0 Å². The van der Waals surface area contributed by atoms with Crippen molar-refractivity contribution in [2.75, 3.05) is 0 Å². The van der Waals surface area contributed by atoms with Gasteiger partial charge < -0.3 is 0 Å². The Labute approximate surface area is 165 Å². The average molecular weight is 369 g/mol. The van der Waals surface area contributed by atoms with E-state index in [1.54, 1.807) is 6.08 Å². The molecular formula is C26H37F.